The molecule has 3 aromatic heterocycles. The van der Waals surface area contributed by atoms with Crippen LogP contribution in [0.25, 0.3) is 5.65 Å². The Balaban J connectivity index is 1.65. The van der Waals surface area contributed by atoms with E-state index in [4.69, 9.17) is 5.26 Å². The third kappa shape index (κ3) is 3.14. The van der Waals surface area contributed by atoms with Crippen LogP contribution < -0.4 is 11.0 Å². The van der Waals surface area contributed by atoms with Crippen LogP contribution in [-0.2, 0) is 11.3 Å². The van der Waals surface area contributed by atoms with Gasteiger partial charge in [-0.05, 0) is 34.5 Å². The first-order valence-corrected chi connectivity index (χ1v) is 7.88. The van der Waals surface area contributed by atoms with Crippen LogP contribution >= 0.6 is 11.3 Å². The van der Waals surface area contributed by atoms with Crippen LogP contribution in [-0.4, -0.2) is 20.1 Å². The van der Waals surface area contributed by atoms with Gasteiger partial charge in [-0.15, -0.1) is 5.10 Å². The number of nitrogens with zero attached hydrogens (tertiary/aromatic N) is 4. The van der Waals surface area contributed by atoms with E-state index >= 15 is 0 Å². The molecule has 8 heteroatoms. The van der Waals surface area contributed by atoms with E-state index in [2.05, 4.69) is 16.5 Å². The van der Waals surface area contributed by atoms with Crippen molar-refractivity contribution in [3.05, 3.63) is 57.3 Å². The first kappa shape index (κ1) is 15.0. The number of nitrogens with one attached hydrogen (secondary N) is 1. The van der Waals surface area contributed by atoms with E-state index < -0.39 is 6.04 Å². The van der Waals surface area contributed by atoms with Crippen LogP contribution in [0.1, 0.15) is 18.0 Å². The third-order valence-electron chi connectivity index (χ3n) is 3.35. The number of nitriles is 1. The molecule has 0 saturated heterocycles. The molecule has 1 unspecified atom stereocenters. The highest BCUT2D eigenvalue weighted by molar-refractivity contribution is 7.08. The van der Waals surface area contributed by atoms with E-state index in [1.165, 1.54) is 20.4 Å². The van der Waals surface area contributed by atoms with Crippen molar-refractivity contribution < 1.29 is 4.79 Å². The molecular formula is C15H13N5O2S. The van der Waals surface area contributed by atoms with E-state index in [1.807, 2.05) is 10.8 Å². The monoisotopic (exact) mass is 327 g/mol. The number of hydrogen-bond acceptors (Lipinski definition) is 5. The summed E-state index contributed by atoms with van der Waals surface area (Å²) in [7, 11) is 0. The third-order valence-corrected chi connectivity index (χ3v) is 4.05. The maximum absolute atomic E-state index is 12.1. The molecule has 1 N–H and O–H groups in total. The summed E-state index contributed by atoms with van der Waals surface area (Å²) < 4.78 is 2.67. The van der Waals surface area contributed by atoms with Crippen molar-refractivity contribution in [2.75, 3.05) is 0 Å². The smallest absolute Gasteiger partial charge is 0.337 e. The van der Waals surface area contributed by atoms with E-state index in [1.54, 1.807) is 30.5 Å². The summed E-state index contributed by atoms with van der Waals surface area (Å²) in [5, 5.41) is 19.6. The second-order valence-corrected chi connectivity index (χ2v) is 5.65. The predicted molar refractivity (Wildman–Crippen MR) is 84.9 cm³/mol. The minimum absolute atomic E-state index is 0.0755. The lowest BCUT2D eigenvalue weighted by Crippen LogP contribution is -2.30. The van der Waals surface area contributed by atoms with Gasteiger partial charge in [-0.1, -0.05) is 6.07 Å². The van der Waals surface area contributed by atoms with Gasteiger partial charge in [0, 0.05) is 12.6 Å². The molecule has 0 aliphatic heterocycles. The molecule has 0 saturated carbocycles. The normalized spacial score (nSPS) is 12.0. The zero-order valence-corrected chi connectivity index (χ0v) is 12.9. The Morgan fingerprint density at radius 3 is 3.00 bits per heavy atom. The fraction of sp³-hybridized carbons (Fsp3) is 0.200. The van der Waals surface area contributed by atoms with Crippen molar-refractivity contribution in [1.29, 1.82) is 5.26 Å². The molecule has 0 bridgehead atoms. The van der Waals surface area contributed by atoms with Gasteiger partial charge < -0.3 is 5.32 Å². The van der Waals surface area contributed by atoms with E-state index in [0.717, 1.165) is 5.56 Å². The Kier molecular flexibility index (Phi) is 4.21. The number of carbonyl (C=O) groups excluding carboxylic acids is 1. The zero-order chi connectivity index (χ0) is 16.2. The van der Waals surface area contributed by atoms with Crippen molar-refractivity contribution in [2.24, 2.45) is 0 Å². The Morgan fingerprint density at radius 2 is 2.30 bits per heavy atom. The van der Waals surface area contributed by atoms with Crippen LogP contribution in [0.5, 0.6) is 0 Å². The largest absolute Gasteiger partial charge is 0.350 e. The van der Waals surface area contributed by atoms with Gasteiger partial charge in [0.2, 0.25) is 5.91 Å². The summed E-state index contributed by atoms with van der Waals surface area (Å²) in [5.74, 6) is -0.299. The van der Waals surface area contributed by atoms with Crippen molar-refractivity contribution in [1.82, 2.24) is 19.5 Å². The average Bonchev–Trinajstić information content (AvgIpc) is 3.20. The number of rotatable bonds is 5. The lowest BCUT2D eigenvalue weighted by atomic mass is 10.1. The lowest BCUT2D eigenvalue weighted by molar-refractivity contribution is -0.121. The molecular weight excluding hydrogens is 314 g/mol. The summed E-state index contributed by atoms with van der Waals surface area (Å²) >= 11 is 1.46. The molecule has 3 aromatic rings. The van der Waals surface area contributed by atoms with Crippen molar-refractivity contribution >= 4 is 22.9 Å². The van der Waals surface area contributed by atoms with Gasteiger partial charge in [-0.3, -0.25) is 9.20 Å². The fourth-order valence-corrected chi connectivity index (χ4v) is 2.87. The van der Waals surface area contributed by atoms with Crippen molar-refractivity contribution in [2.45, 2.75) is 19.0 Å². The van der Waals surface area contributed by atoms with Gasteiger partial charge >= 0.3 is 5.69 Å². The van der Waals surface area contributed by atoms with Gasteiger partial charge in [0.05, 0.1) is 12.6 Å². The second-order valence-electron chi connectivity index (χ2n) is 4.87. The molecule has 1 atom stereocenters. The van der Waals surface area contributed by atoms with Gasteiger partial charge in [0.15, 0.2) is 5.65 Å². The van der Waals surface area contributed by atoms with E-state index in [9.17, 15) is 9.59 Å². The molecule has 1 amide bonds. The standard InChI is InChI=1S/C15H13N5O2S/c16-9-12(11-5-8-23-10-11)17-14(21)4-7-20-15(22)19-6-2-1-3-13(19)18-20/h1-3,5-6,8,10,12H,4,7H2,(H,17,21). The molecule has 0 aliphatic rings. The van der Waals surface area contributed by atoms with Crippen LogP contribution in [0, 0.1) is 11.3 Å². The number of thiophene rings is 1. The predicted octanol–water partition coefficient (Wildman–Crippen LogP) is 1.33. The van der Waals surface area contributed by atoms with Crippen LogP contribution in [0.3, 0.4) is 0 Å². The minimum Gasteiger partial charge on any atom is -0.337 e. The number of pyridine rings is 1. The Hall–Kier alpha value is -2.92. The highest BCUT2D eigenvalue weighted by Crippen LogP contribution is 2.15. The number of aromatic nitrogens is 3. The van der Waals surface area contributed by atoms with E-state index in [-0.39, 0.29) is 24.6 Å². The first-order chi connectivity index (χ1) is 11.2. The Labute approximate surface area is 135 Å². The molecule has 0 fully saturated rings. The van der Waals surface area contributed by atoms with Crippen molar-refractivity contribution in [3.8, 4) is 6.07 Å². The fourth-order valence-electron chi connectivity index (χ4n) is 2.18. The SMILES string of the molecule is N#CC(NC(=O)CCn1nc2ccccn2c1=O)c1ccsc1. The minimum atomic E-state index is -0.674. The number of aryl methyl sites for hydroxylation is 1. The van der Waals surface area contributed by atoms with Crippen LogP contribution in [0.15, 0.2) is 46.0 Å². The molecule has 0 radical (unpaired) electrons. The molecule has 7 nitrogen and oxygen atoms in total. The molecule has 0 aromatic carbocycles. The maximum atomic E-state index is 12.1. The summed E-state index contributed by atoms with van der Waals surface area (Å²) in [6.45, 7) is 0.161. The molecule has 23 heavy (non-hydrogen) atoms. The highest BCUT2D eigenvalue weighted by atomic mass is 32.1. The first-order valence-electron chi connectivity index (χ1n) is 6.94. The average molecular weight is 327 g/mol. The topological polar surface area (TPSA) is 92.2 Å². The molecule has 0 spiro atoms. The highest BCUT2D eigenvalue weighted by Gasteiger charge is 2.15. The van der Waals surface area contributed by atoms with Gasteiger partial charge in [-0.2, -0.15) is 16.6 Å². The number of hydrogen-bond donors (Lipinski definition) is 1. The lowest BCUT2D eigenvalue weighted by Gasteiger charge is -2.09. The Bertz CT molecular complexity index is 919. The molecule has 116 valence electrons. The van der Waals surface area contributed by atoms with Gasteiger partial charge in [0.25, 0.3) is 0 Å². The van der Waals surface area contributed by atoms with Crippen LogP contribution in [0.4, 0.5) is 0 Å². The number of amides is 1. The van der Waals surface area contributed by atoms with Crippen LogP contribution in [0.2, 0.25) is 0 Å². The summed E-state index contributed by atoms with van der Waals surface area (Å²) in [4.78, 5) is 24.1. The van der Waals surface area contributed by atoms with Gasteiger partial charge in [0.1, 0.15) is 6.04 Å². The van der Waals surface area contributed by atoms with Crippen molar-refractivity contribution in [3.63, 3.8) is 0 Å². The molecule has 3 heterocycles. The van der Waals surface area contributed by atoms with Gasteiger partial charge in [-0.25, -0.2) is 9.48 Å². The summed E-state index contributed by atoms with van der Waals surface area (Å²) in [6.07, 6.45) is 1.70. The molecule has 0 aliphatic carbocycles. The summed E-state index contributed by atoms with van der Waals surface area (Å²) in [5.41, 5.74) is 1.00. The number of fused-ring (bicyclic) bond motifs is 1. The maximum Gasteiger partial charge on any atom is 0.350 e. The van der Waals surface area contributed by atoms with E-state index in [0.29, 0.717) is 5.65 Å². The number of carbonyl (C=O) groups is 1. The second kappa shape index (κ2) is 6.46. The Morgan fingerprint density at radius 1 is 1.43 bits per heavy atom. The zero-order valence-electron chi connectivity index (χ0n) is 12.0. The quantitative estimate of drug-likeness (QED) is 0.765. The molecule has 3 rings (SSSR count). The summed E-state index contributed by atoms with van der Waals surface area (Å²) in [6, 6.07) is 8.43.